The molecule has 0 rings (SSSR count). The molecule has 0 heterocycles. The number of rotatable bonds is 22. The maximum atomic E-state index is 12.2. The van der Waals surface area contributed by atoms with Gasteiger partial charge in [-0.1, -0.05) is 104 Å². The van der Waals surface area contributed by atoms with E-state index in [1.807, 2.05) is 0 Å². The molecule has 29 heavy (non-hydrogen) atoms. The van der Waals surface area contributed by atoms with Crippen LogP contribution in [0.5, 0.6) is 0 Å². The van der Waals surface area contributed by atoms with Crippen LogP contribution < -0.4 is 5.32 Å². The summed E-state index contributed by atoms with van der Waals surface area (Å²) in [7, 11) is 1.76. The number of carbonyl (C=O) groups excluding carboxylic acids is 2. The summed E-state index contributed by atoms with van der Waals surface area (Å²) in [4.78, 5) is 24.1. The van der Waals surface area contributed by atoms with Crippen LogP contribution in [0, 0.1) is 0 Å². The highest BCUT2D eigenvalue weighted by Gasteiger charge is 2.17. The van der Waals surface area contributed by atoms with Gasteiger partial charge in [-0.15, -0.1) is 0 Å². The minimum atomic E-state index is -0.359. The molecule has 0 aromatic carbocycles. The van der Waals surface area contributed by atoms with E-state index in [2.05, 4.69) is 19.2 Å². The lowest BCUT2D eigenvalue weighted by Gasteiger charge is -2.15. The highest BCUT2D eigenvalue weighted by molar-refractivity contribution is 5.84. The second-order valence-electron chi connectivity index (χ2n) is 8.44. The first-order valence-corrected chi connectivity index (χ1v) is 12.5. The van der Waals surface area contributed by atoms with Gasteiger partial charge >= 0.3 is 5.97 Å². The van der Waals surface area contributed by atoms with Gasteiger partial charge in [0.05, 0.1) is 0 Å². The lowest BCUT2D eigenvalue weighted by atomic mass is 10.0. The fourth-order valence-corrected chi connectivity index (χ4v) is 3.60. The van der Waals surface area contributed by atoms with Gasteiger partial charge in [-0.3, -0.25) is 9.59 Å². The molecule has 1 unspecified atom stereocenters. The molecule has 1 atom stereocenters. The van der Waals surface area contributed by atoms with Gasteiger partial charge in [0.1, 0.15) is 12.6 Å². The Balaban J connectivity index is 3.59. The summed E-state index contributed by atoms with van der Waals surface area (Å²) in [5, 5.41) is 2.99. The number of ketones is 1. The predicted molar refractivity (Wildman–Crippen MR) is 123 cm³/mol. The van der Waals surface area contributed by atoms with Crippen LogP contribution in [0.3, 0.4) is 0 Å². The van der Waals surface area contributed by atoms with Gasteiger partial charge in [0.25, 0.3) is 0 Å². The van der Waals surface area contributed by atoms with Gasteiger partial charge in [0.2, 0.25) is 0 Å². The Morgan fingerprint density at radius 1 is 0.655 bits per heavy atom. The number of hydrogen-bond donors (Lipinski definition) is 1. The molecule has 0 aliphatic heterocycles. The molecule has 0 aliphatic carbocycles. The molecule has 0 saturated carbocycles. The van der Waals surface area contributed by atoms with Gasteiger partial charge in [-0.25, -0.2) is 0 Å². The van der Waals surface area contributed by atoms with E-state index < -0.39 is 0 Å². The average Bonchev–Trinajstić information content (AvgIpc) is 2.72. The third kappa shape index (κ3) is 18.8. The quantitative estimate of drug-likeness (QED) is 0.158. The number of nitrogens with one attached hydrogen (secondary N) is 1. The number of esters is 1. The van der Waals surface area contributed by atoms with Gasteiger partial charge < -0.3 is 10.1 Å². The van der Waals surface area contributed by atoms with Gasteiger partial charge in [0, 0.05) is 12.8 Å². The molecule has 0 aromatic heterocycles. The first kappa shape index (κ1) is 28.1. The van der Waals surface area contributed by atoms with E-state index in [-0.39, 0.29) is 24.4 Å². The number of ether oxygens (including phenoxy) is 1. The molecule has 0 radical (unpaired) electrons. The monoisotopic (exact) mass is 411 g/mol. The normalized spacial score (nSPS) is 12.1. The minimum Gasteiger partial charge on any atom is -0.464 e. The Labute approximate surface area is 180 Å². The third-order valence-corrected chi connectivity index (χ3v) is 5.66. The second kappa shape index (κ2) is 21.8. The molecule has 0 saturated heterocycles. The van der Waals surface area contributed by atoms with E-state index in [1.165, 1.54) is 77.0 Å². The molecule has 1 N–H and O–H groups in total. The van der Waals surface area contributed by atoms with E-state index in [0.717, 1.165) is 25.7 Å². The van der Waals surface area contributed by atoms with E-state index in [9.17, 15) is 9.59 Å². The topological polar surface area (TPSA) is 55.4 Å². The molecule has 4 nitrogen and oxygen atoms in total. The molecular formula is C25H49NO3. The predicted octanol–water partition coefficient (Wildman–Crippen LogP) is 6.75. The number of likely N-dealkylation sites (N-methyl/N-ethyl adjacent to an activating group) is 1. The summed E-state index contributed by atoms with van der Waals surface area (Å²) in [6, 6.07) is -0.359. The van der Waals surface area contributed by atoms with E-state index in [4.69, 9.17) is 4.74 Å². The molecule has 0 aromatic rings. The average molecular weight is 412 g/mol. The Kier molecular flexibility index (Phi) is 21.1. The highest BCUT2D eigenvalue weighted by atomic mass is 16.5. The Bertz CT molecular complexity index is 384. The SMILES string of the molecule is CCCCCCCCCCCCCC(=O)OCC(NC)C(=O)CCCCCCC. The molecular weight excluding hydrogens is 362 g/mol. The summed E-state index contributed by atoms with van der Waals surface area (Å²) in [5.74, 6) is -0.0107. The van der Waals surface area contributed by atoms with E-state index in [1.54, 1.807) is 7.05 Å². The molecule has 0 aliphatic rings. The van der Waals surface area contributed by atoms with Gasteiger partial charge in [-0.2, -0.15) is 0 Å². The van der Waals surface area contributed by atoms with Crippen molar-refractivity contribution < 1.29 is 14.3 Å². The van der Waals surface area contributed by atoms with Crippen LogP contribution >= 0.6 is 0 Å². The first-order chi connectivity index (χ1) is 14.2. The van der Waals surface area contributed by atoms with Crippen molar-refractivity contribution >= 4 is 11.8 Å². The fraction of sp³-hybridized carbons (Fsp3) is 0.920. The van der Waals surface area contributed by atoms with Crippen molar-refractivity contribution in [3.05, 3.63) is 0 Å². The Morgan fingerprint density at radius 3 is 1.52 bits per heavy atom. The zero-order valence-electron chi connectivity index (χ0n) is 19.7. The third-order valence-electron chi connectivity index (χ3n) is 5.66. The van der Waals surface area contributed by atoms with Crippen molar-refractivity contribution in [2.45, 2.75) is 135 Å². The Hall–Kier alpha value is -0.900. The van der Waals surface area contributed by atoms with Crippen molar-refractivity contribution in [1.29, 1.82) is 0 Å². The van der Waals surface area contributed by atoms with Gasteiger partial charge in [-0.05, 0) is 19.9 Å². The summed E-state index contributed by atoms with van der Waals surface area (Å²) >= 11 is 0. The number of unbranched alkanes of at least 4 members (excludes halogenated alkanes) is 14. The van der Waals surface area contributed by atoms with Crippen LogP contribution in [0.4, 0.5) is 0 Å². The Morgan fingerprint density at radius 2 is 1.07 bits per heavy atom. The summed E-state index contributed by atoms with van der Waals surface area (Å²) in [5.41, 5.74) is 0. The maximum absolute atomic E-state index is 12.2. The molecule has 0 bridgehead atoms. The fourth-order valence-electron chi connectivity index (χ4n) is 3.60. The minimum absolute atomic E-state index is 0.159. The zero-order chi connectivity index (χ0) is 21.6. The number of hydrogen-bond acceptors (Lipinski definition) is 4. The lowest BCUT2D eigenvalue weighted by molar-refractivity contribution is -0.145. The maximum Gasteiger partial charge on any atom is 0.305 e. The largest absolute Gasteiger partial charge is 0.464 e. The van der Waals surface area contributed by atoms with Gasteiger partial charge in [0.15, 0.2) is 5.78 Å². The molecule has 0 fully saturated rings. The van der Waals surface area contributed by atoms with Crippen molar-refractivity contribution in [3.63, 3.8) is 0 Å². The van der Waals surface area contributed by atoms with E-state index in [0.29, 0.717) is 12.8 Å². The van der Waals surface area contributed by atoms with Crippen LogP contribution in [0.2, 0.25) is 0 Å². The first-order valence-electron chi connectivity index (χ1n) is 12.5. The summed E-state index contributed by atoms with van der Waals surface area (Å²) < 4.78 is 5.33. The van der Waals surface area contributed by atoms with Crippen LogP contribution in [0.1, 0.15) is 129 Å². The molecule has 4 heteroatoms. The van der Waals surface area contributed by atoms with Crippen molar-refractivity contribution in [1.82, 2.24) is 5.32 Å². The van der Waals surface area contributed by atoms with Crippen LogP contribution in [0.15, 0.2) is 0 Å². The number of carbonyl (C=O) groups is 2. The molecule has 0 amide bonds. The second-order valence-corrected chi connectivity index (χ2v) is 8.44. The van der Waals surface area contributed by atoms with Crippen molar-refractivity contribution in [2.24, 2.45) is 0 Å². The molecule has 0 spiro atoms. The zero-order valence-corrected chi connectivity index (χ0v) is 19.7. The molecule has 172 valence electrons. The number of Topliss-reactive ketones (excluding diaryl/α,β-unsaturated/α-hetero) is 1. The summed E-state index contributed by atoms with van der Waals surface area (Å²) in [6.07, 6.45) is 20.7. The smallest absolute Gasteiger partial charge is 0.305 e. The van der Waals surface area contributed by atoms with Crippen molar-refractivity contribution in [3.8, 4) is 0 Å². The van der Waals surface area contributed by atoms with Crippen molar-refractivity contribution in [2.75, 3.05) is 13.7 Å². The van der Waals surface area contributed by atoms with E-state index >= 15 is 0 Å². The van der Waals surface area contributed by atoms with Crippen LogP contribution in [0.25, 0.3) is 0 Å². The standard InChI is InChI=1S/C25H49NO3/c1-4-6-8-10-11-12-13-14-15-17-19-21-25(28)29-22-23(26-3)24(27)20-18-16-9-7-5-2/h23,26H,4-22H2,1-3H3. The van der Waals surface area contributed by atoms with Crippen LogP contribution in [-0.2, 0) is 14.3 Å². The summed E-state index contributed by atoms with van der Waals surface area (Å²) in [6.45, 7) is 4.61. The highest BCUT2D eigenvalue weighted by Crippen LogP contribution is 2.12. The lowest BCUT2D eigenvalue weighted by Crippen LogP contribution is -2.38. The van der Waals surface area contributed by atoms with Crippen LogP contribution in [-0.4, -0.2) is 31.4 Å².